The van der Waals surface area contributed by atoms with Gasteiger partial charge in [0.1, 0.15) is 103 Å². The zero-order chi connectivity index (χ0) is 67.4. The summed E-state index contributed by atoms with van der Waals surface area (Å²) in [5.74, 6) is 0.609. The number of hydrogen-bond acceptors (Lipinski definition) is 21. The fourth-order valence-electron chi connectivity index (χ4n) is 8.93. The second kappa shape index (κ2) is 39.9. The highest BCUT2D eigenvalue weighted by atomic mass is 16.6. The number of fused-ring (bicyclic) bond motifs is 3. The predicted molar refractivity (Wildman–Crippen MR) is 344 cm³/mol. The van der Waals surface area contributed by atoms with Gasteiger partial charge in [0.05, 0.1) is 91.7 Å². The number of esters is 1. The largest absolute Gasteiger partial charge is 0.491 e. The van der Waals surface area contributed by atoms with E-state index in [2.05, 4.69) is 32.7 Å². The molecule has 4 aromatic carbocycles. The lowest BCUT2D eigenvalue weighted by Gasteiger charge is -2.26. The molecule has 2 atom stereocenters. The summed E-state index contributed by atoms with van der Waals surface area (Å²) < 4.78 is 71.7. The molecule has 94 heavy (non-hydrogen) atoms. The quantitative estimate of drug-likeness (QED) is 0.0185. The van der Waals surface area contributed by atoms with Gasteiger partial charge in [0.2, 0.25) is 0 Å². The number of carboxylic acids is 1. The zero-order valence-corrected chi connectivity index (χ0v) is 54.0. The molecule has 0 saturated carbocycles. The van der Waals surface area contributed by atoms with Gasteiger partial charge in [-0.05, 0) is 123 Å². The number of aromatic nitrogens is 2. The normalized spacial score (nSPS) is 12.2. The third-order valence-corrected chi connectivity index (χ3v) is 13.2. The number of ether oxygens (including phenoxy) is 13. The van der Waals surface area contributed by atoms with Crippen molar-refractivity contribution in [1.82, 2.24) is 20.6 Å². The third kappa shape index (κ3) is 28.2. The van der Waals surface area contributed by atoms with Crippen molar-refractivity contribution >= 4 is 24.1 Å². The van der Waals surface area contributed by atoms with Crippen LogP contribution in [0.4, 0.5) is 9.59 Å². The number of aliphatic carboxylic acids is 1. The first kappa shape index (κ1) is 73.6. The number of nitrogens with one attached hydrogen (secondary N) is 2. The van der Waals surface area contributed by atoms with E-state index in [1.807, 2.05) is 60.7 Å². The molecule has 0 fully saturated rings. The van der Waals surface area contributed by atoms with Crippen molar-refractivity contribution in [1.29, 1.82) is 10.5 Å². The van der Waals surface area contributed by atoms with Gasteiger partial charge in [0.25, 0.3) is 0 Å². The lowest BCUT2D eigenvalue weighted by atomic mass is 9.98. The van der Waals surface area contributed by atoms with Crippen molar-refractivity contribution in [2.24, 2.45) is 0 Å². The van der Waals surface area contributed by atoms with Crippen molar-refractivity contribution in [3.63, 3.8) is 0 Å². The summed E-state index contributed by atoms with van der Waals surface area (Å²) in [6.45, 7) is 17.1. The van der Waals surface area contributed by atoms with Crippen LogP contribution in [0.3, 0.4) is 0 Å². The molecular formula is C70H84N6O18. The highest BCUT2D eigenvalue weighted by molar-refractivity contribution is 5.83. The van der Waals surface area contributed by atoms with Crippen molar-refractivity contribution in [3.8, 4) is 46.3 Å². The summed E-state index contributed by atoms with van der Waals surface area (Å²) in [5, 5.41) is 32.4. The lowest BCUT2D eigenvalue weighted by Crippen LogP contribution is -2.47. The Morgan fingerprint density at radius 1 is 0.457 bits per heavy atom. The maximum absolute atomic E-state index is 12.8. The molecule has 3 N–H and O–H groups in total. The monoisotopic (exact) mass is 1300 g/mol. The van der Waals surface area contributed by atoms with Gasteiger partial charge in [-0.15, -0.1) is 0 Å². The fraction of sp³-hybridized carbons (Fsp3) is 0.429. The minimum Gasteiger partial charge on any atom is -0.491 e. The van der Waals surface area contributed by atoms with Gasteiger partial charge in [-0.25, -0.2) is 29.1 Å². The number of rotatable bonds is 38. The van der Waals surface area contributed by atoms with Crippen molar-refractivity contribution < 1.29 is 85.9 Å². The van der Waals surface area contributed by atoms with E-state index < -0.39 is 47.4 Å². The molecule has 0 spiro atoms. The number of carbonyl (C=O) groups excluding carboxylic acids is 3. The molecule has 7 rings (SSSR count). The molecule has 0 unspecified atom stereocenters. The van der Waals surface area contributed by atoms with Crippen LogP contribution in [0.15, 0.2) is 134 Å². The summed E-state index contributed by atoms with van der Waals surface area (Å²) in [5.41, 5.74) is 5.21. The molecule has 0 aliphatic heterocycles. The van der Waals surface area contributed by atoms with E-state index in [-0.39, 0.29) is 25.4 Å². The topological polar surface area (TPSA) is 306 Å². The molecular weight excluding hydrogens is 1210 g/mol. The fourth-order valence-corrected chi connectivity index (χ4v) is 8.93. The van der Waals surface area contributed by atoms with E-state index in [1.165, 1.54) is 12.4 Å². The third-order valence-electron chi connectivity index (χ3n) is 13.2. The van der Waals surface area contributed by atoms with Crippen LogP contribution < -0.4 is 29.6 Å². The van der Waals surface area contributed by atoms with E-state index in [0.717, 1.165) is 33.4 Å². The molecule has 6 aromatic rings. The SMILES string of the molecule is CC(C)(C)OC(=O)N[C@@H](Cc1ccc(OCCOCCOCCOCCOc2ccc(C#N)nc2)cc1)C(=O)OC(C)(C)C.N#Cc1ccc(OCCOCCOCCOCCOc2ccc(C[C@H](NC(=O)OCC3c4ccccc4-c4ccccc43)C(=O)O)cc2)cn1. The summed E-state index contributed by atoms with van der Waals surface area (Å²) in [6.07, 6.45) is 1.85. The van der Waals surface area contributed by atoms with Crippen molar-refractivity contribution in [2.45, 2.75) is 83.6 Å². The number of carboxylic acid groups (broad SMARTS) is 1. The Labute approximate surface area is 548 Å². The van der Waals surface area contributed by atoms with Crippen LogP contribution in [-0.4, -0.2) is 175 Å². The summed E-state index contributed by atoms with van der Waals surface area (Å²) in [6, 6.07) is 38.7. The van der Waals surface area contributed by atoms with E-state index in [9.17, 15) is 24.3 Å². The van der Waals surface area contributed by atoms with Gasteiger partial charge < -0.3 is 77.3 Å². The van der Waals surface area contributed by atoms with E-state index >= 15 is 0 Å². The second-order valence-corrected chi connectivity index (χ2v) is 22.8. The highest BCUT2D eigenvalue weighted by Crippen LogP contribution is 2.44. The standard InChI is InChI=1S/C38H39N3O9.C32H45N3O9/c39-24-28-11-14-30(25-40-28)49-22-20-47-18-16-45-15-17-46-19-21-48-29-12-9-27(10-13-29)23-36(37(42)43)41-38(44)50-26-35-33-7-3-1-5-31(33)32-6-2-4-8-34(32)35;1-31(2,3)43-29(36)28(35-30(37)44-32(4,5)6)21-24-7-10-26(11-8-24)41-19-17-39-15-13-38-14-16-40-18-20-42-27-12-9-25(22-33)34-23-27/h1-14,25,35-36H,15-23,26H2,(H,41,44)(H,42,43);7-12,23,28H,13-21H2,1-6H3,(H,35,37)/t36-;28-/m00/s1. The van der Waals surface area contributed by atoms with E-state index in [0.29, 0.717) is 140 Å². The van der Waals surface area contributed by atoms with E-state index in [4.69, 9.17) is 72.1 Å². The number of nitriles is 2. The van der Waals surface area contributed by atoms with Crippen molar-refractivity contribution in [2.75, 3.05) is 112 Å². The molecule has 1 aliphatic rings. The molecule has 0 bridgehead atoms. The first-order valence-electron chi connectivity index (χ1n) is 30.8. The average molecular weight is 1300 g/mol. The van der Waals surface area contributed by atoms with Gasteiger partial charge in [-0.2, -0.15) is 10.5 Å². The van der Waals surface area contributed by atoms with Gasteiger partial charge in [0, 0.05) is 18.8 Å². The number of alkyl carbamates (subject to hydrolysis) is 2. The van der Waals surface area contributed by atoms with Crippen LogP contribution in [0.25, 0.3) is 11.1 Å². The molecule has 0 saturated heterocycles. The number of carbonyl (C=O) groups is 4. The molecule has 2 aromatic heterocycles. The summed E-state index contributed by atoms with van der Waals surface area (Å²) >= 11 is 0. The van der Waals surface area contributed by atoms with Gasteiger partial charge in [0.15, 0.2) is 0 Å². The Hall–Kier alpha value is -9.40. The maximum Gasteiger partial charge on any atom is 0.408 e. The Morgan fingerprint density at radius 3 is 1.17 bits per heavy atom. The van der Waals surface area contributed by atoms with Crippen LogP contribution in [0.5, 0.6) is 23.0 Å². The maximum atomic E-state index is 12.8. The summed E-state index contributed by atoms with van der Waals surface area (Å²) in [4.78, 5) is 57.6. The number of benzene rings is 4. The molecule has 24 heteroatoms. The van der Waals surface area contributed by atoms with Crippen LogP contribution in [-0.2, 0) is 65.1 Å². The minimum atomic E-state index is -1.16. The van der Waals surface area contributed by atoms with Gasteiger partial charge in [-0.3, -0.25) is 0 Å². The predicted octanol–water partition coefficient (Wildman–Crippen LogP) is 9.23. The minimum absolute atomic E-state index is 0.0814. The molecule has 1 aliphatic carbocycles. The Bertz CT molecular complexity index is 3280. The number of hydrogen-bond donors (Lipinski definition) is 3. The smallest absolute Gasteiger partial charge is 0.408 e. The molecule has 24 nitrogen and oxygen atoms in total. The van der Waals surface area contributed by atoms with Crippen LogP contribution in [0.1, 0.15) is 81.1 Å². The number of pyridine rings is 2. The second-order valence-electron chi connectivity index (χ2n) is 22.8. The highest BCUT2D eigenvalue weighted by Gasteiger charge is 2.31. The molecule has 0 radical (unpaired) electrons. The van der Waals surface area contributed by atoms with Crippen LogP contribution in [0, 0.1) is 22.7 Å². The first-order chi connectivity index (χ1) is 45.4. The zero-order valence-electron chi connectivity index (χ0n) is 54.0. The summed E-state index contributed by atoms with van der Waals surface area (Å²) in [7, 11) is 0. The lowest BCUT2D eigenvalue weighted by molar-refractivity contribution is -0.157. The van der Waals surface area contributed by atoms with E-state index in [1.54, 1.807) is 102 Å². The molecule has 2 heterocycles. The number of nitrogens with zero attached hydrogens (tertiary/aromatic N) is 4. The number of amides is 2. The first-order valence-corrected chi connectivity index (χ1v) is 30.8. The van der Waals surface area contributed by atoms with Gasteiger partial charge in [-0.1, -0.05) is 72.8 Å². The molecule has 2 amide bonds. The van der Waals surface area contributed by atoms with Crippen molar-refractivity contribution in [3.05, 3.63) is 167 Å². The average Bonchev–Trinajstić information content (AvgIpc) is 1.63. The Kier molecular flexibility index (Phi) is 31.2. The van der Waals surface area contributed by atoms with Crippen LogP contribution in [0.2, 0.25) is 0 Å². The van der Waals surface area contributed by atoms with Gasteiger partial charge >= 0.3 is 24.1 Å². The Balaban J connectivity index is 0.000000301. The molecule has 502 valence electrons. The van der Waals surface area contributed by atoms with Crippen LogP contribution >= 0.6 is 0 Å². The Morgan fingerprint density at radius 2 is 0.809 bits per heavy atom.